The summed E-state index contributed by atoms with van der Waals surface area (Å²) in [5.74, 6) is 0.610. The van der Waals surface area contributed by atoms with Gasteiger partial charge in [-0.25, -0.2) is 15.0 Å². The molecule has 0 aliphatic carbocycles. The average Bonchev–Trinajstić information content (AvgIpc) is 3.43. The number of piperidine rings is 1. The van der Waals surface area contributed by atoms with Gasteiger partial charge in [-0.1, -0.05) is 24.3 Å². The van der Waals surface area contributed by atoms with E-state index in [1.54, 1.807) is 9.12 Å². The molecule has 0 radical (unpaired) electrons. The van der Waals surface area contributed by atoms with Gasteiger partial charge in [-0.3, -0.25) is 8.87 Å². The lowest BCUT2D eigenvalue weighted by Crippen LogP contribution is -2.37. The third-order valence-electron chi connectivity index (χ3n) is 6.53. The number of benzene rings is 1. The highest BCUT2D eigenvalue weighted by Gasteiger charge is 2.18. The zero-order valence-electron chi connectivity index (χ0n) is 19.2. The van der Waals surface area contributed by atoms with E-state index in [0.717, 1.165) is 71.3 Å². The molecule has 6 rings (SSSR count). The number of fused-ring (bicyclic) bond motifs is 2. The van der Waals surface area contributed by atoms with Crippen molar-refractivity contribution in [2.24, 2.45) is 0 Å². The Labute approximate surface area is 219 Å². The summed E-state index contributed by atoms with van der Waals surface area (Å²) in [6, 6.07) is 12.9. The van der Waals surface area contributed by atoms with Gasteiger partial charge < -0.3 is 9.52 Å². The Bertz CT molecular complexity index is 1510. The highest BCUT2D eigenvalue weighted by Crippen LogP contribution is 2.36. The molecule has 1 aliphatic heterocycles. The summed E-state index contributed by atoms with van der Waals surface area (Å²) in [7, 11) is 1.59. The van der Waals surface area contributed by atoms with Gasteiger partial charge >= 0.3 is 0 Å². The molecule has 1 atom stereocenters. The van der Waals surface area contributed by atoms with Gasteiger partial charge in [0, 0.05) is 91.0 Å². The first-order chi connectivity index (χ1) is 17.1. The summed E-state index contributed by atoms with van der Waals surface area (Å²) in [6.45, 7) is 4.50. The van der Waals surface area contributed by atoms with Crippen LogP contribution < -0.4 is 0 Å². The van der Waals surface area contributed by atoms with Crippen molar-refractivity contribution in [3.8, 4) is 22.3 Å². The van der Waals surface area contributed by atoms with Gasteiger partial charge in [-0.15, -0.1) is 0 Å². The summed E-state index contributed by atoms with van der Waals surface area (Å²) in [6.07, 6.45) is 7.64. The lowest BCUT2D eigenvalue weighted by atomic mass is 10.0. The number of aliphatic hydroxyl groups is 1. The Hall–Kier alpha value is -2.47. The predicted octanol–water partition coefficient (Wildman–Crippen LogP) is 6.02. The molecular formula is C26H24IN5O2S. The molecule has 0 spiro atoms. The van der Waals surface area contributed by atoms with Crippen LogP contribution in [0.3, 0.4) is 0 Å². The Kier molecular flexibility index (Phi) is 6.25. The number of likely N-dealkylation sites (tertiary alicyclic amines) is 1. The molecule has 1 unspecified atom stereocenters. The van der Waals surface area contributed by atoms with Crippen molar-refractivity contribution in [2.75, 3.05) is 13.1 Å². The first-order valence-corrected chi connectivity index (χ1v) is 14.9. The molecule has 178 valence electrons. The topological polar surface area (TPSA) is 80.2 Å². The SMILES string of the molecule is Cc1nc2cc(-c3cn(SI)c4ncc(-c5ccc(CN6CCCC(O)C6)cc5)cc34)cnc2o1. The van der Waals surface area contributed by atoms with Crippen LogP contribution in [0.15, 0.2) is 59.4 Å². The maximum atomic E-state index is 9.95. The molecular weight excluding hydrogens is 573 g/mol. The van der Waals surface area contributed by atoms with Crippen molar-refractivity contribution in [3.63, 3.8) is 0 Å². The van der Waals surface area contributed by atoms with Crippen molar-refractivity contribution in [1.82, 2.24) is 23.8 Å². The highest BCUT2D eigenvalue weighted by molar-refractivity contribution is 14.2. The molecule has 1 aromatic carbocycles. The Morgan fingerprint density at radius 2 is 1.94 bits per heavy atom. The summed E-state index contributed by atoms with van der Waals surface area (Å²) < 4.78 is 7.62. The van der Waals surface area contributed by atoms with Crippen LogP contribution in [-0.2, 0) is 6.54 Å². The second-order valence-electron chi connectivity index (χ2n) is 9.04. The molecule has 1 fully saturated rings. The Morgan fingerprint density at radius 1 is 1.11 bits per heavy atom. The maximum Gasteiger partial charge on any atom is 0.246 e. The van der Waals surface area contributed by atoms with E-state index in [2.05, 4.69) is 76.6 Å². The molecule has 5 heterocycles. The molecule has 0 amide bonds. The molecule has 0 saturated carbocycles. The average molecular weight is 597 g/mol. The number of rotatable bonds is 5. The van der Waals surface area contributed by atoms with E-state index in [1.165, 1.54) is 5.56 Å². The zero-order valence-corrected chi connectivity index (χ0v) is 22.2. The van der Waals surface area contributed by atoms with Crippen LogP contribution in [0, 0.1) is 6.92 Å². The first kappa shape index (κ1) is 23.0. The fraction of sp³-hybridized carbons (Fsp3) is 0.269. The van der Waals surface area contributed by atoms with E-state index in [0.29, 0.717) is 11.6 Å². The second-order valence-corrected chi connectivity index (χ2v) is 10.8. The number of hydrogen-bond donors (Lipinski definition) is 1. The van der Waals surface area contributed by atoms with Gasteiger partial charge in [0.25, 0.3) is 0 Å². The minimum Gasteiger partial charge on any atom is -0.423 e. The number of aliphatic hydroxyl groups excluding tert-OH is 1. The van der Waals surface area contributed by atoms with Gasteiger partial charge in [0.2, 0.25) is 5.71 Å². The minimum atomic E-state index is -0.202. The molecule has 0 bridgehead atoms. The fourth-order valence-corrected chi connectivity index (χ4v) is 6.09. The molecule has 1 N–H and O–H groups in total. The van der Waals surface area contributed by atoms with Crippen LogP contribution in [0.5, 0.6) is 0 Å². The van der Waals surface area contributed by atoms with E-state index in [4.69, 9.17) is 9.40 Å². The fourth-order valence-electron chi connectivity index (χ4n) is 4.83. The molecule has 9 heteroatoms. The van der Waals surface area contributed by atoms with Gasteiger partial charge in [0.1, 0.15) is 5.52 Å². The number of pyridine rings is 2. The van der Waals surface area contributed by atoms with Crippen molar-refractivity contribution in [2.45, 2.75) is 32.4 Å². The Balaban J connectivity index is 1.34. The number of aryl methyl sites for hydroxylation is 1. The van der Waals surface area contributed by atoms with E-state index in [1.807, 2.05) is 25.4 Å². The quantitative estimate of drug-likeness (QED) is 0.249. The van der Waals surface area contributed by atoms with Crippen LogP contribution in [-0.4, -0.2) is 48.1 Å². The van der Waals surface area contributed by atoms with Gasteiger partial charge in [0.15, 0.2) is 11.5 Å². The number of oxazole rings is 1. The summed E-state index contributed by atoms with van der Waals surface area (Å²) in [4.78, 5) is 16.1. The molecule has 4 aromatic heterocycles. The van der Waals surface area contributed by atoms with Crippen molar-refractivity contribution >= 4 is 52.6 Å². The van der Waals surface area contributed by atoms with Gasteiger partial charge in [0.05, 0.1) is 6.10 Å². The van der Waals surface area contributed by atoms with E-state index in [9.17, 15) is 5.11 Å². The number of β-amino-alcohol motifs (C(OH)–C–C–N with tert-alkyl or cyclic N) is 1. The monoisotopic (exact) mass is 597 g/mol. The normalized spacial score (nSPS) is 16.9. The van der Waals surface area contributed by atoms with Crippen LogP contribution >= 0.6 is 30.3 Å². The molecule has 1 saturated heterocycles. The third kappa shape index (κ3) is 4.57. The van der Waals surface area contributed by atoms with Gasteiger partial charge in [-0.05, 0) is 42.6 Å². The Morgan fingerprint density at radius 3 is 2.74 bits per heavy atom. The van der Waals surface area contributed by atoms with Gasteiger partial charge in [-0.2, -0.15) is 0 Å². The summed E-state index contributed by atoms with van der Waals surface area (Å²) in [5, 5.41) is 11.0. The number of nitrogens with zero attached hydrogens (tertiary/aromatic N) is 5. The van der Waals surface area contributed by atoms with Crippen LogP contribution in [0.2, 0.25) is 0 Å². The number of aromatic nitrogens is 4. The molecule has 5 aromatic rings. The molecule has 35 heavy (non-hydrogen) atoms. The molecule has 7 nitrogen and oxygen atoms in total. The van der Waals surface area contributed by atoms with Crippen LogP contribution in [0.4, 0.5) is 0 Å². The number of halogens is 1. The maximum absolute atomic E-state index is 9.95. The standard InChI is InChI=1S/C26H24IN5O2S/c1-16-30-24-10-20(12-29-26(24)34-16)23-15-32(35-27)25-22(23)9-19(11-28-25)18-6-4-17(5-7-18)13-31-8-2-3-21(33)14-31/h4-7,9-12,15,21,33H,2-3,8,13-14H2,1H3. The van der Waals surface area contributed by atoms with E-state index in [-0.39, 0.29) is 6.10 Å². The zero-order chi connectivity index (χ0) is 23.9. The van der Waals surface area contributed by atoms with Crippen molar-refractivity contribution in [1.29, 1.82) is 0 Å². The minimum absolute atomic E-state index is 0.202. The first-order valence-electron chi connectivity index (χ1n) is 11.6. The highest BCUT2D eigenvalue weighted by atomic mass is 127. The van der Waals surface area contributed by atoms with Crippen molar-refractivity contribution < 1.29 is 9.52 Å². The lowest BCUT2D eigenvalue weighted by molar-refractivity contribution is 0.0668. The van der Waals surface area contributed by atoms with E-state index >= 15 is 0 Å². The summed E-state index contributed by atoms with van der Waals surface area (Å²) >= 11 is 2.28. The smallest absolute Gasteiger partial charge is 0.246 e. The summed E-state index contributed by atoms with van der Waals surface area (Å²) in [5.41, 5.74) is 7.73. The molecule has 1 aliphatic rings. The van der Waals surface area contributed by atoms with E-state index < -0.39 is 0 Å². The second kappa shape index (κ2) is 9.53. The lowest BCUT2D eigenvalue weighted by Gasteiger charge is -2.29. The van der Waals surface area contributed by atoms with Crippen molar-refractivity contribution in [3.05, 3.63) is 66.4 Å². The number of hydrogen-bond acceptors (Lipinski definition) is 7. The third-order valence-corrected chi connectivity index (χ3v) is 8.23. The largest absolute Gasteiger partial charge is 0.423 e. The van der Waals surface area contributed by atoms with Crippen LogP contribution in [0.25, 0.3) is 44.5 Å². The van der Waals surface area contributed by atoms with Crippen LogP contribution in [0.1, 0.15) is 24.3 Å². The predicted molar refractivity (Wildman–Crippen MR) is 148 cm³/mol.